The smallest absolute Gasteiger partial charge is 0.180 e. The minimum atomic E-state index is -0.568. The van der Waals surface area contributed by atoms with E-state index in [0.717, 1.165) is 0 Å². The van der Waals surface area contributed by atoms with Crippen molar-refractivity contribution in [1.82, 2.24) is 0 Å². The maximum absolute atomic E-state index is 11.2. The maximum atomic E-state index is 11.2. The van der Waals surface area contributed by atoms with E-state index in [4.69, 9.17) is 0 Å². The average molecular weight is 300 g/mol. The molecule has 5 nitrogen and oxygen atoms in total. The summed E-state index contributed by atoms with van der Waals surface area (Å²) in [6.07, 6.45) is 6.56. The van der Waals surface area contributed by atoms with Crippen LogP contribution in [0.25, 0.3) is 0 Å². The molecule has 0 amide bonds. The molecule has 0 aliphatic carbocycles. The quantitative estimate of drug-likeness (QED) is 0.632. The van der Waals surface area contributed by atoms with Gasteiger partial charge in [0, 0.05) is 35.4 Å². The summed E-state index contributed by atoms with van der Waals surface area (Å²) in [7, 11) is 0. The minimum Gasteiger partial charge on any atom is -0.381 e. The summed E-state index contributed by atoms with van der Waals surface area (Å²) in [5.41, 5.74) is 1.31. The van der Waals surface area contributed by atoms with E-state index >= 15 is 0 Å². The lowest BCUT2D eigenvalue weighted by atomic mass is 10.2. The SMILES string of the molecule is CC(=O)c1cc[n+](CC(O)C[n+]2ccc(C(C)=O)cc2)cc1. The number of hydrogen-bond donors (Lipinski definition) is 1. The number of nitrogens with zero attached hydrogens (tertiary/aromatic N) is 2. The van der Waals surface area contributed by atoms with Gasteiger partial charge in [-0.05, 0) is 13.8 Å². The van der Waals surface area contributed by atoms with Crippen LogP contribution < -0.4 is 9.13 Å². The lowest BCUT2D eigenvalue weighted by Crippen LogP contribution is -2.47. The highest BCUT2D eigenvalue weighted by Crippen LogP contribution is 1.98. The van der Waals surface area contributed by atoms with E-state index in [1.807, 2.05) is 9.13 Å². The van der Waals surface area contributed by atoms with Crippen LogP contribution in [0, 0.1) is 0 Å². The Labute approximate surface area is 129 Å². The van der Waals surface area contributed by atoms with E-state index in [9.17, 15) is 14.7 Å². The first-order valence-corrected chi connectivity index (χ1v) is 7.14. The molecule has 2 heterocycles. The van der Waals surface area contributed by atoms with Gasteiger partial charge in [0.1, 0.15) is 0 Å². The third-order valence-electron chi connectivity index (χ3n) is 3.44. The van der Waals surface area contributed by atoms with Crippen LogP contribution in [0.1, 0.15) is 34.6 Å². The van der Waals surface area contributed by atoms with Crippen molar-refractivity contribution >= 4 is 11.6 Å². The molecule has 2 rings (SSSR count). The van der Waals surface area contributed by atoms with Gasteiger partial charge in [-0.25, -0.2) is 9.13 Å². The van der Waals surface area contributed by atoms with Gasteiger partial charge < -0.3 is 5.11 Å². The molecule has 0 aliphatic heterocycles. The van der Waals surface area contributed by atoms with Crippen molar-refractivity contribution in [2.24, 2.45) is 0 Å². The Balaban J connectivity index is 1.95. The topological polar surface area (TPSA) is 62.1 Å². The van der Waals surface area contributed by atoms with Crippen molar-refractivity contribution in [3.8, 4) is 0 Å². The van der Waals surface area contributed by atoms with Gasteiger partial charge in [0.25, 0.3) is 0 Å². The number of aromatic nitrogens is 2. The number of hydrogen-bond acceptors (Lipinski definition) is 3. The molecule has 0 fully saturated rings. The van der Waals surface area contributed by atoms with Crippen molar-refractivity contribution in [2.45, 2.75) is 33.0 Å². The summed E-state index contributed by atoms with van der Waals surface area (Å²) in [5.74, 6) is 0.0441. The van der Waals surface area contributed by atoms with Gasteiger partial charge in [0.05, 0.1) is 0 Å². The molecule has 0 radical (unpaired) electrons. The second kappa shape index (κ2) is 7.04. The molecule has 5 heteroatoms. The Morgan fingerprint density at radius 2 is 1.18 bits per heavy atom. The first-order chi connectivity index (χ1) is 10.5. The number of aliphatic hydroxyl groups is 1. The van der Waals surface area contributed by atoms with Crippen molar-refractivity contribution in [2.75, 3.05) is 0 Å². The highest BCUT2D eigenvalue weighted by Gasteiger charge is 2.16. The molecule has 0 spiro atoms. The summed E-state index contributed by atoms with van der Waals surface area (Å²) in [6, 6.07) is 6.96. The molecule has 2 aromatic rings. The summed E-state index contributed by atoms with van der Waals surface area (Å²) in [6.45, 7) is 3.91. The molecule has 0 saturated carbocycles. The Bertz CT molecular complexity index is 604. The Kier molecular flexibility index (Phi) is 5.12. The third kappa shape index (κ3) is 4.30. The van der Waals surface area contributed by atoms with E-state index in [-0.39, 0.29) is 11.6 Å². The van der Waals surface area contributed by atoms with Gasteiger partial charge in [-0.15, -0.1) is 0 Å². The number of Topliss-reactive ketones (excluding diaryl/α,β-unsaturated/α-hetero) is 2. The summed E-state index contributed by atoms with van der Waals surface area (Å²) in [4.78, 5) is 22.4. The Morgan fingerprint density at radius 1 is 0.864 bits per heavy atom. The number of pyridine rings is 2. The van der Waals surface area contributed by atoms with Crippen LogP contribution in [-0.4, -0.2) is 22.8 Å². The molecule has 0 bridgehead atoms. The van der Waals surface area contributed by atoms with Crippen LogP contribution in [0.15, 0.2) is 49.1 Å². The highest BCUT2D eigenvalue weighted by atomic mass is 16.3. The zero-order valence-corrected chi connectivity index (χ0v) is 12.8. The summed E-state index contributed by atoms with van der Waals surface area (Å²) in [5, 5.41) is 10.1. The molecular weight excluding hydrogens is 280 g/mol. The molecule has 22 heavy (non-hydrogen) atoms. The zero-order chi connectivity index (χ0) is 16.1. The van der Waals surface area contributed by atoms with Gasteiger partial charge in [0.15, 0.2) is 55.5 Å². The number of carbonyl (C=O) groups excluding carboxylic acids is 2. The van der Waals surface area contributed by atoms with Crippen LogP contribution in [0.5, 0.6) is 0 Å². The predicted molar refractivity (Wildman–Crippen MR) is 79.3 cm³/mol. The van der Waals surface area contributed by atoms with Crippen molar-refractivity contribution in [3.05, 3.63) is 60.2 Å². The Morgan fingerprint density at radius 3 is 1.45 bits per heavy atom. The van der Waals surface area contributed by atoms with E-state index in [0.29, 0.717) is 24.2 Å². The fraction of sp³-hybridized carbons (Fsp3) is 0.294. The molecule has 0 aliphatic rings. The van der Waals surface area contributed by atoms with Crippen molar-refractivity contribution in [1.29, 1.82) is 0 Å². The average Bonchev–Trinajstić information content (AvgIpc) is 2.48. The van der Waals surface area contributed by atoms with E-state index in [2.05, 4.69) is 0 Å². The van der Waals surface area contributed by atoms with E-state index in [1.165, 1.54) is 13.8 Å². The summed E-state index contributed by atoms with van der Waals surface area (Å²) < 4.78 is 3.67. The number of ketones is 2. The second-order valence-corrected chi connectivity index (χ2v) is 5.33. The van der Waals surface area contributed by atoms with Gasteiger partial charge >= 0.3 is 0 Å². The Hall–Kier alpha value is -2.40. The molecule has 2 aromatic heterocycles. The molecule has 0 unspecified atom stereocenters. The third-order valence-corrected chi connectivity index (χ3v) is 3.44. The lowest BCUT2D eigenvalue weighted by Gasteiger charge is -2.04. The minimum absolute atomic E-state index is 0.0221. The monoisotopic (exact) mass is 300 g/mol. The first-order valence-electron chi connectivity index (χ1n) is 7.14. The largest absolute Gasteiger partial charge is 0.381 e. The standard InChI is InChI=1S/C17H20N2O3/c1-13(20)15-3-7-18(8-4-15)11-17(22)12-19-9-5-16(6-10-19)14(2)21/h3-10,17,22H,11-12H2,1-2H3/q+2. The predicted octanol–water partition coefficient (Wildman–Crippen LogP) is 0.728. The van der Waals surface area contributed by atoms with Crippen LogP contribution in [0.3, 0.4) is 0 Å². The number of carbonyl (C=O) groups is 2. The van der Waals surface area contributed by atoms with Gasteiger partial charge in [0.2, 0.25) is 0 Å². The number of rotatable bonds is 6. The molecule has 0 aromatic carbocycles. The molecule has 114 valence electrons. The van der Waals surface area contributed by atoms with Crippen LogP contribution in [0.4, 0.5) is 0 Å². The van der Waals surface area contributed by atoms with Crippen molar-refractivity contribution in [3.63, 3.8) is 0 Å². The van der Waals surface area contributed by atoms with Crippen molar-refractivity contribution < 1.29 is 23.8 Å². The fourth-order valence-electron chi connectivity index (χ4n) is 2.17. The van der Waals surface area contributed by atoms with Gasteiger partial charge in [-0.2, -0.15) is 0 Å². The fourth-order valence-corrected chi connectivity index (χ4v) is 2.17. The molecule has 1 N–H and O–H groups in total. The molecule has 0 atom stereocenters. The van der Waals surface area contributed by atoms with Crippen LogP contribution >= 0.6 is 0 Å². The maximum Gasteiger partial charge on any atom is 0.180 e. The van der Waals surface area contributed by atoms with Crippen LogP contribution in [0.2, 0.25) is 0 Å². The van der Waals surface area contributed by atoms with Crippen LogP contribution in [-0.2, 0) is 13.1 Å². The van der Waals surface area contributed by atoms with E-state index < -0.39 is 6.10 Å². The summed E-state index contributed by atoms with van der Waals surface area (Å²) >= 11 is 0. The molecule has 0 saturated heterocycles. The first kappa shape index (κ1) is 16.0. The lowest BCUT2D eigenvalue weighted by molar-refractivity contribution is -0.737. The normalized spacial score (nSPS) is 10.7. The molecular formula is C17H20N2O3+2. The zero-order valence-electron chi connectivity index (χ0n) is 12.8. The van der Waals surface area contributed by atoms with E-state index in [1.54, 1.807) is 49.1 Å². The highest BCUT2D eigenvalue weighted by molar-refractivity contribution is 5.94. The van der Waals surface area contributed by atoms with Gasteiger partial charge in [-0.3, -0.25) is 9.59 Å². The second-order valence-electron chi connectivity index (χ2n) is 5.33. The van der Waals surface area contributed by atoms with Gasteiger partial charge in [-0.1, -0.05) is 0 Å². The number of aliphatic hydroxyl groups excluding tert-OH is 1.